The molecular formula is C19H30. The van der Waals surface area contributed by atoms with Crippen LogP contribution in [0.5, 0.6) is 0 Å². The lowest BCUT2D eigenvalue weighted by atomic mass is 10.1. The van der Waals surface area contributed by atoms with Gasteiger partial charge in [-0.3, -0.25) is 0 Å². The maximum absolute atomic E-state index is 3.33. The molecule has 0 nitrogen and oxygen atoms in total. The molecule has 0 aromatic heterocycles. The van der Waals surface area contributed by atoms with E-state index in [4.69, 9.17) is 0 Å². The summed E-state index contributed by atoms with van der Waals surface area (Å²) in [4.78, 5) is 0. The number of hydrogen-bond acceptors (Lipinski definition) is 0. The van der Waals surface area contributed by atoms with Gasteiger partial charge in [0.15, 0.2) is 0 Å². The van der Waals surface area contributed by atoms with E-state index in [0.29, 0.717) is 0 Å². The molecule has 0 saturated carbocycles. The summed E-state index contributed by atoms with van der Waals surface area (Å²) in [5, 5.41) is 0. The van der Waals surface area contributed by atoms with Crippen LogP contribution in [0.4, 0.5) is 0 Å². The molecule has 0 spiro atoms. The van der Waals surface area contributed by atoms with Crippen molar-refractivity contribution in [1.29, 1.82) is 0 Å². The minimum Gasteiger partial charge on any atom is -0.103 e. The van der Waals surface area contributed by atoms with Crippen LogP contribution in [-0.2, 0) is 0 Å². The highest BCUT2D eigenvalue weighted by Gasteiger charge is 1.91. The minimum absolute atomic E-state index is 1.11. The van der Waals surface area contributed by atoms with Crippen LogP contribution >= 0.6 is 0 Å². The van der Waals surface area contributed by atoms with E-state index in [-0.39, 0.29) is 0 Å². The highest BCUT2D eigenvalue weighted by molar-refractivity contribution is 4.99. The smallest absolute Gasteiger partial charge is 0.00886 e. The number of hydrogen-bond donors (Lipinski definition) is 0. The van der Waals surface area contributed by atoms with Gasteiger partial charge in [-0.05, 0) is 25.7 Å². The molecule has 106 valence electrons. The van der Waals surface area contributed by atoms with Crippen LogP contribution in [-0.4, -0.2) is 0 Å². The van der Waals surface area contributed by atoms with Gasteiger partial charge >= 0.3 is 0 Å². The SMILES string of the molecule is C1#CCCCCCCCCC#CCCCCCCC1. The molecule has 0 radical (unpaired) electrons. The summed E-state index contributed by atoms with van der Waals surface area (Å²) in [6, 6.07) is 0. The molecule has 0 heteroatoms. The zero-order valence-electron chi connectivity index (χ0n) is 12.6. The first-order valence-corrected chi connectivity index (χ1v) is 8.41. The minimum atomic E-state index is 1.11. The standard InChI is InChI=1S/C19H30/c1-2-4-6-8-10-12-14-16-18-19-17-15-13-11-9-7-5-3-1/h1-8,13-19H2. The number of rotatable bonds is 0. The van der Waals surface area contributed by atoms with Crippen LogP contribution in [0.25, 0.3) is 0 Å². The maximum atomic E-state index is 3.33. The zero-order valence-corrected chi connectivity index (χ0v) is 12.6. The Morgan fingerprint density at radius 1 is 0.263 bits per heavy atom. The molecule has 0 amide bonds. The Balaban J connectivity index is 2.16. The van der Waals surface area contributed by atoms with Crippen molar-refractivity contribution in [1.82, 2.24) is 0 Å². The topological polar surface area (TPSA) is 0 Å². The third kappa shape index (κ3) is 11.9. The Hall–Kier alpha value is -0.880. The molecule has 0 bridgehead atoms. The lowest BCUT2D eigenvalue weighted by Gasteiger charge is -1.97. The Morgan fingerprint density at radius 2 is 0.474 bits per heavy atom. The maximum Gasteiger partial charge on any atom is 0.00886 e. The van der Waals surface area contributed by atoms with Crippen molar-refractivity contribution in [2.45, 2.75) is 96.3 Å². The lowest BCUT2D eigenvalue weighted by molar-refractivity contribution is 0.604. The molecule has 19 heavy (non-hydrogen) atoms. The van der Waals surface area contributed by atoms with Gasteiger partial charge in [0.25, 0.3) is 0 Å². The van der Waals surface area contributed by atoms with Crippen LogP contribution in [0.3, 0.4) is 0 Å². The van der Waals surface area contributed by atoms with E-state index in [1.54, 1.807) is 0 Å². The lowest BCUT2D eigenvalue weighted by Crippen LogP contribution is -1.79. The van der Waals surface area contributed by atoms with Crippen molar-refractivity contribution < 1.29 is 0 Å². The van der Waals surface area contributed by atoms with Gasteiger partial charge in [0, 0.05) is 25.7 Å². The summed E-state index contributed by atoms with van der Waals surface area (Å²) >= 11 is 0. The van der Waals surface area contributed by atoms with E-state index in [1.807, 2.05) is 0 Å². The third-order valence-corrected chi connectivity index (χ3v) is 3.71. The summed E-state index contributed by atoms with van der Waals surface area (Å²) in [7, 11) is 0. The van der Waals surface area contributed by atoms with Crippen molar-refractivity contribution in [3.63, 3.8) is 0 Å². The van der Waals surface area contributed by atoms with Crippen molar-refractivity contribution in [2.75, 3.05) is 0 Å². The van der Waals surface area contributed by atoms with E-state index in [9.17, 15) is 0 Å². The fourth-order valence-electron chi connectivity index (χ4n) is 2.44. The quantitative estimate of drug-likeness (QED) is 0.477. The van der Waals surface area contributed by atoms with Crippen molar-refractivity contribution >= 4 is 0 Å². The second-order valence-electron chi connectivity index (χ2n) is 5.60. The van der Waals surface area contributed by atoms with Gasteiger partial charge < -0.3 is 0 Å². The molecule has 1 aliphatic rings. The van der Waals surface area contributed by atoms with E-state index in [0.717, 1.165) is 25.7 Å². The Bertz CT molecular complexity index is 272. The Morgan fingerprint density at radius 3 is 0.737 bits per heavy atom. The Labute approximate surface area is 120 Å². The molecule has 0 aromatic carbocycles. The van der Waals surface area contributed by atoms with E-state index >= 15 is 0 Å². The van der Waals surface area contributed by atoms with Gasteiger partial charge in [-0.25, -0.2) is 0 Å². The molecule has 1 aliphatic carbocycles. The first-order chi connectivity index (χ1) is 9.50. The van der Waals surface area contributed by atoms with Crippen molar-refractivity contribution in [3.8, 4) is 23.7 Å². The fourth-order valence-corrected chi connectivity index (χ4v) is 2.44. The fraction of sp³-hybridized carbons (Fsp3) is 0.789. The van der Waals surface area contributed by atoms with Gasteiger partial charge in [-0.15, -0.1) is 23.7 Å². The second kappa shape index (κ2) is 13.5. The van der Waals surface area contributed by atoms with E-state index < -0.39 is 0 Å². The molecule has 0 heterocycles. The highest BCUT2D eigenvalue weighted by atomic mass is 14.0. The van der Waals surface area contributed by atoms with Crippen LogP contribution in [0.2, 0.25) is 0 Å². The van der Waals surface area contributed by atoms with Crippen LogP contribution in [0.15, 0.2) is 0 Å². The molecule has 0 aliphatic heterocycles. The first-order valence-electron chi connectivity index (χ1n) is 8.41. The van der Waals surface area contributed by atoms with Gasteiger partial charge in [0.2, 0.25) is 0 Å². The average Bonchev–Trinajstić information content (AvgIpc) is 2.43. The van der Waals surface area contributed by atoms with E-state index in [1.165, 1.54) is 70.6 Å². The molecule has 0 fully saturated rings. The first kappa shape index (κ1) is 16.2. The van der Waals surface area contributed by atoms with Crippen LogP contribution in [0, 0.1) is 23.7 Å². The molecule has 0 atom stereocenters. The second-order valence-corrected chi connectivity index (χ2v) is 5.60. The van der Waals surface area contributed by atoms with Gasteiger partial charge in [0.1, 0.15) is 0 Å². The van der Waals surface area contributed by atoms with Crippen molar-refractivity contribution in [3.05, 3.63) is 0 Å². The molecular weight excluding hydrogens is 228 g/mol. The monoisotopic (exact) mass is 258 g/mol. The molecule has 0 saturated heterocycles. The van der Waals surface area contributed by atoms with Gasteiger partial charge in [-0.2, -0.15) is 0 Å². The summed E-state index contributed by atoms with van der Waals surface area (Å²) in [5.74, 6) is 13.3. The highest BCUT2D eigenvalue weighted by Crippen LogP contribution is 2.09. The predicted octanol–water partition coefficient (Wildman–Crippen LogP) is 5.86. The molecule has 0 unspecified atom stereocenters. The summed E-state index contributed by atoms with van der Waals surface area (Å²) in [6.07, 6.45) is 19.2. The Kier molecular flexibility index (Phi) is 11.5. The normalized spacial score (nSPS) is 20.6. The largest absolute Gasteiger partial charge is 0.103 e. The molecule has 0 aromatic rings. The summed E-state index contributed by atoms with van der Waals surface area (Å²) < 4.78 is 0. The van der Waals surface area contributed by atoms with Crippen LogP contribution < -0.4 is 0 Å². The van der Waals surface area contributed by atoms with Gasteiger partial charge in [0.05, 0.1) is 0 Å². The third-order valence-electron chi connectivity index (χ3n) is 3.71. The zero-order chi connectivity index (χ0) is 13.4. The van der Waals surface area contributed by atoms with Crippen LogP contribution in [0.1, 0.15) is 96.3 Å². The molecule has 1 rings (SSSR count). The molecule has 0 N–H and O–H groups in total. The van der Waals surface area contributed by atoms with Crippen molar-refractivity contribution in [2.24, 2.45) is 0 Å². The average molecular weight is 258 g/mol. The summed E-state index contributed by atoms with van der Waals surface area (Å²) in [6.45, 7) is 0. The van der Waals surface area contributed by atoms with E-state index in [2.05, 4.69) is 23.7 Å². The summed E-state index contributed by atoms with van der Waals surface area (Å²) in [5.41, 5.74) is 0. The predicted molar refractivity (Wildman–Crippen MR) is 84.8 cm³/mol. The van der Waals surface area contributed by atoms with Gasteiger partial charge in [-0.1, -0.05) is 44.9 Å².